The Hall–Kier alpha value is -1.61. The van der Waals surface area contributed by atoms with Crippen LogP contribution >= 0.6 is 11.3 Å². The van der Waals surface area contributed by atoms with Crippen LogP contribution in [-0.2, 0) is 6.61 Å². The largest absolute Gasteiger partial charge is 0.488 e. The lowest BCUT2D eigenvalue weighted by molar-refractivity contribution is 0.102. The zero-order valence-corrected chi connectivity index (χ0v) is 9.64. The van der Waals surface area contributed by atoms with E-state index in [1.807, 2.05) is 30.3 Å². The third-order valence-corrected chi connectivity index (χ3v) is 3.98. The van der Waals surface area contributed by atoms with Crippen molar-refractivity contribution in [2.24, 2.45) is 0 Å². The summed E-state index contributed by atoms with van der Waals surface area (Å²) in [6, 6.07) is 9.89. The average molecular weight is 230 g/mol. The first-order valence-electron chi connectivity index (χ1n) is 5.11. The molecule has 0 fully saturated rings. The van der Waals surface area contributed by atoms with Crippen molar-refractivity contribution in [2.75, 3.05) is 0 Å². The second kappa shape index (κ2) is 3.46. The topological polar surface area (TPSA) is 26.3 Å². The van der Waals surface area contributed by atoms with Crippen LogP contribution in [0.3, 0.4) is 0 Å². The van der Waals surface area contributed by atoms with Crippen molar-refractivity contribution >= 4 is 17.1 Å². The predicted octanol–water partition coefficient (Wildman–Crippen LogP) is 3.51. The molecule has 2 heterocycles. The van der Waals surface area contributed by atoms with Crippen LogP contribution in [-0.4, -0.2) is 5.78 Å². The lowest BCUT2D eigenvalue weighted by Crippen LogP contribution is -2.02. The molecule has 1 aliphatic rings. The van der Waals surface area contributed by atoms with Gasteiger partial charge in [-0.25, -0.2) is 0 Å². The first kappa shape index (κ1) is 9.60. The third-order valence-electron chi connectivity index (χ3n) is 2.67. The molecule has 3 heteroatoms. The van der Waals surface area contributed by atoms with Crippen molar-refractivity contribution in [1.29, 1.82) is 0 Å². The summed E-state index contributed by atoms with van der Waals surface area (Å²) in [4.78, 5) is 13.3. The molecule has 16 heavy (non-hydrogen) atoms. The number of Topliss-reactive ketones (excluding diaryl/α,β-unsaturated/α-hetero) is 1. The van der Waals surface area contributed by atoms with Gasteiger partial charge in [0.15, 0.2) is 5.78 Å². The normalized spacial score (nSPS) is 12.6. The highest BCUT2D eigenvalue weighted by atomic mass is 32.1. The summed E-state index contributed by atoms with van der Waals surface area (Å²) < 4.78 is 5.64. The van der Waals surface area contributed by atoms with Crippen molar-refractivity contribution in [3.8, 4) is 16.2 Å². The Balaban J connectivity index is 2.20. The lowest BCUT2D eigenvalue weighted by atomic mass is 10.1. The van der Waals surface area contributed by atoms with Gasteiger partial charge in [0.2, 0.25) is 0 Å². The minimum Gasteiger partial charge on any atom is -0.488 e. The highest BCUT2D eigenvalue weighted by Gasteiger charge is 2.20. The van der Waals surface area contributed by atoms with Crippen LogP contribution in [0.5, 0.6) is 5.75 Å². The van der Waals surface area contributed by atoms with Gasteiger partial charge in [0.05, 0.1) is 4.88 Å². The summed E-state index contributed by atoms with van der Waals surface area (Å²) in [5, 5.41) is 0. The molecule has 0 saturated heterocycles. The number of benzene rings is 1. The second-order valence-electron chi connectivity index (χ2n) is 3.81. The quantitative estimate of drug-likeness (QED) is 0.701. The molecule has 0 unspecified atom stereocenters. The molecule has 1 aromatic carbocycles. The SMILES string of the molecule is CC(=O)c1cc2c(s1)-c1ccccc1OC2. The maximum absolute atomic E-state index is 11.3. The van der Waals surface area contributed by atoms with E-state index in [0.29, 0.717) is 6.61 Å². The Bertz CT molecular complexity index is 569. The van der Waals surface area contributed by atoms with Gasteiger partial charge in [0.1, 0.15) is 12.4 Å². The van der Waals surface area contributed by atoms with Gasteiger partial charge in [-0.05, 0) is 25.1 Å². The minimum absolute atomic E-state index is 0.122. The first-order chi connectivity index (χ1) is 7.75. The maximum atomic E-state index is 11.3. The highest BCUT2D eigenvalue weighted by Crippen LogP contribution is 2.42. The van der Waals surface area contributed by atoms with E-state index in [2.05, 4.69) is 0 Å². The third kappa shape index (κ3) is 1.36. The standard InChI is InChI=1S/C13H10O2S/c1-8(14)12-6-9-7-15-11-5-3-2-4-10(11)13(9)16-12/h2-6H,7H2,1H3. The Labute approximate surface area is 97.5 Å². The van der Waals surface area contributed by atoms with Crippen molar-refractivity contribution in [2.45, 2.75) is 13.5 Å². The first-order valence-corrected chi connectivity index (χ1v) is 5.93. The molecule has 1 aromatic heterocycles. The number of hydrogen-bond donors (Lipinski definition) is 0. The van der Waals surface area contributed by atoms with Gasteiger partial charge < -0.3 is 4.74 Å². The fourth-order valence-corrected chi connectivity index (χ4v) is 2.97. The number of rotatable bonds is 1. The number of hydrogen-bond acceptors (Lipinski definition) is 3. The molecule has 0 saturated carbocycles. The number of fused-ring (bicyclic) bond motifs is 3. The van der Waals surface area contributed by atoms with Gasteiger partial charge in [-0.2, -0.15) is 0 Å². The molecule has 0 spiro atoms. The fourth-order valence-electron chi connectivity index (χ4n) is 1.87. The van der Waals surface area contributed by atoms with Gasteiger partial charge >= 0.3 is 0 Å². The summed E-state index contributed by atoms with van der Waals surface area (Å²) >= 11 is 1.56. The van der Waals surface area contributed by atoms with E-state index in [9.17, 15) is 4.79 Å². The van der Waals surface area contributed by atoms with Gasteiger partial charge in [-0.15, -0.1) is 11.3 Å². The molecule has 80 valence electrons. The molecule has 0 N–H and O–H groups in total. The zero-order chi connectivity index (χ0) is 11.1. The van der Waals surface area contributed by atoms with Crippen LogP contribution in [0.15, 0.2) is 30.3 Å². The summed E-state index contributed by atoms with van der Waals surface area (Å²) in [7, 11) is 0. The molecule has 0 atom stereocenters. The molecule has 0 bridgehead atoms. The minimum atomic E-state index is 0.122. The van der Waals surface area contributed by atoms with E-state index in [1.54, 1.807) is 18.3 Å². The van der Waals surface area contributed by atoms with Crippen molar-refractivity contribution in [3.05, 3.63) is 40.8 Å². The second-order valence-corrected chi connectivity index (χ2v) is 4.86. The fraction of sp³-hybridized carbons (Fsp3) is 0.154. The molecule has 3 rings (SSSR count). The van der Waals surface area contributed by atoms with Crippen LogP contribution < -0.4 is 4.74 Å². The Morgan fingerprint density at radius 1 is 1.38 bits per heavy atom. The average Bonchev–Trinajstić information content (AvgIpc) is 2.73. The monoisotopic (exact) mass is 230 g/mol. The van der Waals surface area contributed by atoms with Crippen LogP contribution in [0.25, 0.3) is 10.4 Å². The van der Waals surface area contributed by atoms with Crippen LogP contribution in [0, 0.1) is 0 Å². The van der Waals surface area contributed by atoms with E-state index < -0.39 is 0 Å². The number of carbonyl (C=O) groups excluding carboxylic acids is 1. The zero-order valence-electron chi connectivity index (χ0n) is 8.82. The van der Waals surface area contributed by atoms with Gasteiger partial charge in [0.25, 0.3) is 0 Å². The van der Waals surface area contributed by atoms with Gasteiger partial charge in [-0.1, -0.05) is 12.1 Å². The van der Waals surface area contributed by atoms with Crippen LogP contribution in [0.1, 0.15) is 22.2 Å². The smallest absolute Gasteiger partial charge is 0.169 e. The molecule has 1 aliphatic heterocycles. The lowest BCUT2D eigenvalue weighted by Gasteiger charge is -2.16. The Kier molecular flexibility index (Phi) is 2.07. The Morgan fingerprint density at radius 3 is 3.00 bits per heavy atom. The summed E-state index contributed by atoms with van der Waals surface area (Å²) in [5.41, 5.74) is 2.22. The van der Waals surface area contributed by atoms with Crippen LogP contribution in [0.4, 0.5) is 0 Å². The van der Waals surface area contributed by atoms with Crippen molar-refractivity contribution in [1.82, 2.24) is 0 Å². The Morgan fingerprint density at radius 2 is 2.19 bits per heavy atom. The molecular formula is C13H10O2S. The molecular weight excluding hydrogens is 220 g/mol. The summed E-state index contributed by atoms with van der Waals surface area (Å²) in [6.07, 6.45) is 0. The summed E-state index contributed by atoms with van der Waals surface area (Å²) in [5.74, 6) is 1.03. The molecule has 0 amide bonds. The maximum Gasteiger partial charge on any atom is 0.169 e. The molecule has 0 radical (unpaired) electrons. The van der Waals surface area contributed by atoms with E-state index >= 15 is 0 Å². The van der Waals surface area contributed by atoms with Gasteiger partial charge in [-0.3, -0.25) is 4.79 Å². The molecule has 0 aliphatic carbocycles. The molecule has 2 nitrogen and oxygen atoms in total. The highest BCUT2D eigenvalue weighted by molar-refractivity contribution is 7.17. The number of ether oxygens (including phenoxy) is 1. The predicted molar refractivity (Wildman–Crippen MR) is 64.1 cm³/mol. The van der Waals surface area contributed by atoms with Crippen molar-refractivity contribution in [3.63, 3.8) is 0 Å². The number of thiophene rings is 1. The van der Waals surface area contributed by atoms with Crippen LogP contribution in [0.2, 0.25) is 0 Å². The van der Waals surface area contributed by atoms with E-state index in [0.717, 1.165) is 21.8 Å². The van der Waals surface area contributed by atoms with Crippen molar-refractivity contribution < 1.29 is 9.53 Å². The summed E-state index contributed by atoms with van der Waals surface area (Å²) in [6.45, 7) is 2.17. The number of carbonyl (C=O) groups is 1. The van der Waals surface area contributed by atoms with E-state index in [4.69, 9.17) is 4.74 Å². The van der Waals surface area contributed by atoms with E-state index in [1.165, 1.54) is 4.88 Å². The van der Waals surface area contributed by atoms with E-state index in [-0.39, 0.29) is 5.78 Å². The number of para-hydroxylation sites is 1. The van der Waals surface area contributed by atoms with Gasteiger partial charge in [0, 0.05) is 16.0 Å². The number of ketones is 1. The molecule has 2 aromatic rings.